The van der Waals surface area contributed by atoms with Gasteiger partial charge in [0.1, 0.15) is 0 Å². The quantitative estimate of drug-likeness (QED) is 0.906. The van der Waals surface area contributed by atoms with Crippen molar-refractivity contribution >= 4 is 16.5 Å². The minimum atomic E-state index is 0.636. The summed E-state index contributed by atoms with van der Waals surface area (Å²) >= 11 is 0. The summed E-state index contributed by atoms with van der Waals surface area (Å²) in [6.07, 6.45) is 4.28. The van der Waals surface area contributed by atoms with Crippen molar-refractivity contribution in [2.24, 2.45) is 5.92 Å². The van der Waals surface area contributed by atoms with E-state index in [9.17, 15) is 0 Å². The summed E-state index contributed by atoms with van der Waals surface area (Å²) in [4.78, 5) is 4.50. The van der Waals surface area contributed by atoms with Gasteiger partial charge >= 0.3 is 0 Å². The Morgan fingerprint density at radius 3 is 2.90 bits per heavy atom. The van der Waals surface area contributed by atoms with Crippen molar-refractivity contribution in [1.82, 2.24) is 10.3 Å². The van der Waals surface area contributed by atoms with Crippen molar-refractivity contribution in [2.75, 3.05) is 32.1 Å². The van der Waals surface area contributed by atoms with Crippen molar-refractivity contribution in [3.05, 3.63) is 30.0 Å². The van der Waals surface area contributed by atoms with Crippen LogP contribution in [0.25, 0.3) is 10.8 Å². The molecule has 4 heteroatoms. The number of pyridine rings is 1. The summed E-state index contributed by atoms with van der Waals surface area (Å²) < 4.78 is 6.05. The van der Waals surface area contributed by atoms with Crippen LogP contribution in [-0.2, 0) is 0 Å². The fourth-order valence-corrected chi connectivity index (χ4v) is 3.01. The number of aryl methyl sites for hydroxylation is 1. The Morgan fingerprint density at radius 2 is 2.14 bits per heavy atom. The Bertz CT molecular complexity index is 621. The predicted octanol–water partition coefficient (Wildman–Crippen LogP) is 2.96. The standard InChI is InChI=1S/C17H23N3O/c1-12-10-20-17(21-11-13-6-8-19-9-7-13)14-4-3-5-15(18-2)16(12)14/h3-5,10,13,18-19H,6-9,11H2,1-2H3. The summed E-state index contributed by atoms with van der Waals surface area (Å²) in [5.74, 6) is 1.39. The van der Waals surface area contributed by atoms with Crippen molar-refractivity contribution in [3.8, 4) is 5.88 Å². The van der Waals surface area contributed by atoms with Gasteiger partial charge in [-0.2, -0.15) is 0 Å². The molecule has 0 saturated carbocycles. The lowest BCUT2D eigenvalue weighted by Gasteiger charge is -2.22. The molecule has 4 nitrogen and oxygen atoms in total. The minimum Gasteiger partial charge on any atom is -0.477 e. The number of rotatable bonds is 4. The third kappa shape index (κ3) is 2.95. The molecule has 2 N–H and O–H groups in total. The van der Waals surface area contributed by atoms with Gasteiger partial charge in [0.05, 0.1) is 6.61 Å². The monoisotopic (exact) mass is 285 g/mol. The van der Waals surface area contributed by atoms with Crippen LogP contribution in [-0.4, -0.2) is 31.7 Å². The Balaban J connectivity index is 1.86. The molecule has 0 bridgehead atoms. The smallest absolute Gasteiger partial charge is 0.221 e. The van der Waals surface area contributed by atoms with E-state index in [-0.39, 0.29) is 0 Å². The second kappa shape index (κ2) is 6.31. The van der Waals surface area contributed by atoms with Gasteiger partial charge in [-0.05, 0) is 56.5 Å². The van der Waals surface area contributed by atoms with Gasteiger partial charge in [-0.3, -0.25) is 0 Å². The first kappa shape index (κ1) is 14.1. The predicted molar refractivity (Wildman–Crippen MR) is 87.1 cm³/mol. The Morgan fingerprint density at radius 1 is 1.33 bits per heavy atom. The van der Waals surface area contributed by atoms with E-state index in [4.69, 9.17) is 4.74 Å². The molecule has 0 atom stereocenters. The van der Waals surface area contributed by atoms with E-state index in [1.165, 1.54) is 23.8 Å². The highest BCUT2D eigenvalue weighted by molar-refractivity contribution is 5.98. The summed E-state index contributed by atoms with van der Waals surface area (Å²) in [5.41, 5.74) is 2.29. The second-order valence-electron chi connectivity index (χ2n) is 5.73. The first-order chi connectivity index (χ1) is 10.3. The maximum absolute atomic E-state index is 6.05. The average molecular weight is 285 g/mol. The van der Waals surface area contributed by atoms with Gasteiger partial charge in [0.25, 0.3) is 0 Å². The van der Waals surface area contributed by atoms with Gasteiger partial charge in [0.15, 0.2) is 0 Å². The normalized spacial score (nSPS) is 16.1. The number of hydrogen-bond donors (Lipinski definition) is 2. The van der Waals surface area contributed by atoms with Crippen molar-refractivity contribution in [3.63, 3.8) is 0 Å². The molecule has 21 heavy (non-hydrogen) atoms. The molecule has 0 amide bonds. The van der Waals surface area contributed by atoms with Crippen molar-refractivity contribution in [1.29, 1.82) is 0 Å². The zero-order valence-electron chi connectivity index (χ0n) is 12.8. The van der Waals surface area contributed by atoms with E-state index in [2.05, 4.69) is 34.7 Å². The summed E-state index contributed by atoms with van der Waals surface area (Å²) in [5, 5.41) is 8.93. The number of nitrogens with zero attached hydrogens (tertiary/aromatic N) is 1. The maximum atomic E-state index is 6.05. The van der Waals surface area contributed by atoms with Crippen LogP contribution in [0, 0.1) is 12.8 Å². The molecule has 1 aromatic heterocycles. The van der Waals surface area contributed by atoms with Crippen molar-refractivity contribution in [2.45, 2.75) is 19.8 Å². The molecule has 0 spiro atoms. The molecule has 3 rings (SSSR count). The molecule has 1 aromatic carbocycles. The molecule has 2 heterocycles. The maximum Gasteiger partial charge on any atom is 0.221 e. The highest BCUT2D eigenvalue weighted by atomic mass is 16.5. The number of piperidine rings is 1. The van der Waals surface area contributed by atoms with Crippen LogP contribution < -0.4 is 15.4 Å². The van der Waals surface area contributed by atoms with Crippen LogP contribution in [0.5, 0.6) is 5.88 Å². The van der Waals surface area contributed by atoms with Crippen LogP contribution >= 0.6 is 0 Å². The van der Waals surface area contributed by atoms with E-state index in [1.54, 1.807) is 0 Å². The molecule has 0 aliphatic carbocycles. The Labute approximate surface area is 125 Å². The van der Waals surface area contributed by atoms with E-state index < -0.39 is 0 Å². The molecule has 2 aromatic rings. The third-order valence-corrected chi connectivity index (χ3v) is 4.25. The van der Waals surface area contributed by atoms with E-state index in [0.717, 1.165) is 36.6 Å². The molecular formula is C17H23N3O. The zero-order chi connectivity index (χ0) is 14.7. The van der Waals surface area contributed by atoms with E-state index in [0.29, 0.717) is 5.92 Å². The fraction of sp³-hybridized carbons (Fsp3) is 0.471. The summed E-state index contributed by atoms with van der Waals surface area (Å²) in [7, 11) is 1.95. The number of fused-ring (bicyclic) bond motifs is 1. The largest absolute Gasteiger partial charge is 0.477 e. The van der Waals surface area contributed by atoms with Crippen LogP contribution in [0.3, 0.4) is 0 Å². The zero-order valence-corrected chi connectivity index (χ0v) is 12.8. The molecule has 1 saturated heterocycles. The lowest BCUT2D eigenvalue weighted by atomic mass is 9.99. The molecule has 1 aliphatic heterocycles. The van der Waals surface area contributed by atoms with Crippen LogP contribution in [0.2, 0.25) is 0 Å². The summed E-state index contributed by atoms with van der Waals surface area (Å²) in [6, 6.07) is 6.23. The summed E-state index contributed by atoms with van der Waals surface area (Å²) in [6.45, 7) is 5.05. The number of benzene rings is 1. The van der Waals surface area contributed by atoms with Gasteiger partial charge < -0.3 is 15.4 Å². The number of hydrogen-bond acceptors (Lipinski definition) is 4. The SMILES string of the molecule is CNc1cccc2c(OCC3CCNCC3)ncc(C)c12. The van der Waals surface area contributed by atoms with Gasteiger partial charge in [-0.1, -0.05) is 6.07 Å². The number of aromatic nitrogens is 1. The number of anilines is 1. The Kier molecular flexibility index (Phi) is 4.25. The average Bonchev–Trinajstić information content (AvgIpc) is 2.54. The van der Waals surface area contributed by atoms with Gasteiger partial charge in [-0.25, -0.2) is 4.98 Å². The number of ether oxygens (including phenoxy) is 1. The minimum absolute atomic E-state index is 0.636. The lowest BCUT2D eigenvalue weighted by Crippen LogP contribution is -2.30. The third-order valence-electron chi connectivity index (χ3n) is 4.25. The van der Waals surface area contributed by atoms with Crippen LogP contribution in [0.15, 0.2) is 24.4 Å². The van der Waals surface area contributed by atoms with E-state index in [1.807, 2.05) is 19.3 Å². The van der Waals surface area contributed by atoms with Gasteiger partial charge in [0, 0.05) is 29.7 Å². The lowest BCUT2D eigenvalue weighted by molar-refractivity contribution is 0.211. The molecule has 112 valence electrons. The molecule has 0 radical (unpaired) electrons. The van der Waals surface area contributed by atoms with Crippen LogP contribution in [0.1, 0.15) is 18.4 Å². The second-order valence-corrected chi connectivity index (χ2v) is 5.73. The van der Waals surface area contributed by atoms with Crippen LogP contribution in [0.4, 0.5) is 5.69 Å². The fourth-order valence-electron chi connectivity index (χ4n) is 3.01. The van der Waals surface area contributed by atoms with Gasteiger partial charge in [-0.15, -0.1) is 0 Å². The first-order valence-electron chi connectivity index (χ1n) is 7.69. The van der Waals surface area contributed by atoms with Crippen molar-refractivity contribution < 1.29 is 4.74 Å². The molecule has 1 fully saturated rings. The molecule has 1 aliphatic rings. The molecular weight excluding hydrogens is 262 g/mol. The topological polar surface area (TPSA) is 46.2 Å². The number of nitrogens with one attached hydrogen (secondary N) is 2. The molecule has 0 unspecified atom stereocenters. The Hall–Kier alpha value is -1.81. The van der Waals surface area contributed by atoms with E-state index >= 15 is 0 Å². The first-order valence-corrected chi connectivity index (χ1v) is 7.69. The van der Waals surface area contributed by atoms with Gasteiger partial charge in [0.2, 0.25) is 5.88 Å². The highest BCUT2D eigenvalue weighted by Gasteiger charge is 2.15. The highest BCUT2D eigenvalue weighted by Crippen LogP contribution is 2.32.